The Morgan fingerprint density at radius 1 is 1.47 bits per heavy atom. The Morgan fingerprint density at radius 2 is 2.16 bits per heavy atom. The number of urea groups is 1. The first-order chi connectivity index (χ1) is 8.91. The summed E-state index contributed by atoms with van der Waals surface area (Å²) in [7, 11) is 0. The number of carbonyl (C=O) groups is 2. The van der Waals surface area contributed by atoms with Crippen LogP contribution in [0.4, 0.5) is 10.5 Å². The molecular formula is C12H20N4O3. The van der Waals surface area contributed by atoms with Gasteiger partial charge in [0.15, 0.2) is 0 Å². The van der Waals surface area contributed by atoms with Gasteiger partial charge < -0.3 is 15.7 Å². The number of nitrogens with zero attached hydrogens (tertiary/aromatic N) is 2. The van der Waals surface area contributed by atoms with E-state index in [9.17, 15) is 9.59 Å². The fraction of sp³-hybridized carbons (Fsp3) is 0.583. The van der Waals surface area contributed by atoms with Gasteiger partial charge in [-0.2, -0.15) is 5.10 Å². The first-order valence-corrected chi connectivity index (χ1v) is 6.22. The highest BCUT2D eigenvalue weighted by Gasteiger charge is 2.31. The summed E-state index contributed by atoms with van der Waals surface area (Å²) in [6.07, 6.45) is 3.69. The normalized spacial score (nSPS) is 13.6. The van der Waals surface area contributed by atoms with E-state index < -0.39 is 17.4 Å². The number of carbonyl (C=O) groups excluding carboxylic acids is 1. The Bertz CT molecular complexity index is 458. The molecule has 0 fully saturated rings. The van der Waals surface area contributed by atoms with Gasteiger partial charge in [-0.1, -0.05) is 6.92 Å². The summed E-state index contributed by atoms with van der Waals surface area (Å²) in [6, 6.07) is -0.434. The first-order valence-electron chi connectivity index (χ1n) is 6.22. The fourth-order valence-electron chi connectivity index (χ4n) is 1.40. The lowest BCUT2D eigenvalue weighted by Gasteiger charge is -2.23. The quantitative estimate of drug-likeness (QED) is 0.729. The summed E-state index contributed by atoms with van der Waals surface area (Å²) >= 11 is 0. The van der Waals surface area contributed by atoms with Crippen LogP contribution in [0, 0.1) is 5.41 Å². The van der Waals surface area contributed by atoms with Crippen LogP contribution in [0.1, 0.15) is 27.2 Å². The van der Waals surface area contributed by atoms with Gasteiger partial charge in [0.05, 0.1) is 17.3 Å². The maximum absolute atomic E-state index is 11.6. The second-order valence-electron chi connectivity index (χ2n) is 4.61. The molecule has 1 unspecified atom stereocenters. The second kappa shape index (κ2) is 6.21. The number of carboxylic acids is 1. The van der Waals surface area contributed by atoms with E-state index in [-0.39, 0.29) is 6.54 Å². The van der Waals surface area contributed by atoms with Gasteiger partial charge in [0.2, 0.25) is 0 Å². The summed E-state index contributed by atoms with van der Waals surface area (Å²) in [5.41, 5.74) is -0.377. The SMILES string of the molecule is CCn1cc(NC(=O)NCC(C)(CC)C(=O)O)cn1. The molecule has 1 aromatic rings. The van der Waals surface area contributed by atoms with E-state index in [2.05, 4.69) is 15.7 Å². The molecule has 3 N–H and O–H groups in total. The maximum atomic E-state index is 11.6. The highest BCUT2D eigenvalue weighted by molar-refractivity contribution is 5.89. The van der Waals surface area contributed by atoms with Crippen molar-refractivity contribution >= 4 is 17.7 Å². The Kier molecular flexibility index (Phi) is 4.91. The number of hydrogen-bond acceptors (Lipinski definition) is 3. The molecule has 1 heterocycles. The Labute approximate surface area is 112 Å². The van der Waals surface area contributed by atoms with Gasteiger partial charge in [-0.05, 0) is 20.3 Å². The molecule has 0 saturated carbocycles. The van der Waals surface area contributed by atoms with Crippen molar-refractivity contribution in [3.63, 3.8) is 0 Å². The summed E-state index contributed by atoms with van der Waals surface area (Å²) in [5.74, 6) is -0.922. The topological polar surface area (TPSA) is 96.2 Å². The van der Waals surface area contributed by atoms with Crippen molar-refractivity contribution in [3.8, 4) is 0 Å². The Morgan fingerprint density at radius 3 is 2.63 bits per heavy atom. The molecule has 0 aromatic carbocycles. The van der Waals surface area contributed by atoms with Gasteiger partial charge in [-0.3, -0.25) is 9.48 Å². The predicted molar refractivity (Wildman–Crippen MR) is 71.0 cm³/mol. The molecule has 0 aliphatic carbocycles. The van der Waals surface area contributed by atoms with Crippen LogP contribution in [0.25, 0.3) is 0 Å². The molecule has 0 aliphatic rings. The van der Waals surface area contributed by atoms with Crippen molar-refractivity contribution in [1.82, 2.24) is 15.1 Å². The van der Waals surface area contributed by atoms with Crippen LogP contribution in [0.5, 0.6) is 0 Å². The van der Waals surface area contributed by atoms with E-state index in [4.69, 9.17) is 5.11 Å². The minimum Gasteiger partial charge on any atom is -0.481 e. The molecule has 0 spiro atoms. The molecule has 1 rings (SSSR count). The van der Waals surface area contributed by atoms with Crippen molar-refractivity contribution in [2.75, 3.05) is 11.9 Å². The largest absolute Gasteiger partial charge is 0.481 e. The Hall–Kier alpha value is -2.05. The Balaban J connectivity index is 2.49. The van der Waals surface area contributed by atoms with E-state index in [1.165, 1.54) is 0 Å². The average molecular weight is 268 g/mol. The van der Waals surface area contributed by atoms with Crippen LogP contribution in [0.2, 0.25) is 0 Å². The maximum Gasteiger partial charge on any atom is 0.319 e. The van der Waals surface area contributed by atoms with Crippen molar-refractivity contribution in [3.05, 3.63) is 12.4 Å². The third-order valence-electron chi connectivity index (χ3n) is 3.15. The van der Waals surface area contributed by atoms with Crippen LogP contribution in [-0.4, -0.2) is 33.4 Å². The number of anilines is 1. The van der Waals surface area contributed by atoms with Gasteiger partial charge in [0.1, 0.15) is 0 Å². The number of amides is 2. The predicted octanol–water partition coefficient (Wildman–Crippen LogP) is 1.53. The van der Waals surface area contributed by atoms with Gasteiger partial charge in [-0.15, -0.1) is 0 Å². The van der Waals surface area contributed by atoms with Crippen LogP contribution in [0.15, 0.2) is 12.4 Å². The summed E-state index contributed by atoms with van der Waals surface area (Å²) in [4.78, 5) is 22.7. The molecule has 0 bridgehead atoms. The monoisotopic (exact) mass is 268 g/mol. The fourth-order valence-corrected chi connectivity index (χ4v) is 1.40. The number of carboxylic acid groups (broad SMARTS) is 1. The van der Waals surface area contributed by atoms with Gasteiger partial charge in [0.25, 0.3) is 0 Å². The minimum absolute atomic E-state index is 0.0760. The lowest BCUT2D eigenvalue weighted by atomic mass is 9.88. The standard InChI is InChI=1S/C12H20N4O3/c1-4-12(3,10(17)18)8-13-11(19)15-9-6-14-16(5-2)7-9/h6-7H,4-5,8H2,1-3H3,(H,17,18)(H2,13,15,19). The molecule has 7 nitrogen and oxygen atoms in total. The van der Waals surface area contributed by atoms with Crippen molar-refractivity contribution in [1.29, 1.82) is 0 Å². The number of hydrogen-bond donors (Lipinski definition) is 3. The first kappa shape index (κ1) is 15.0. The number of nitrogens with one attached hydrogen (secondary N) is 2. The highest BCUT2D eigenvalue weighted by atomic mass is 16.4. The lowest BCUT2D eigenvalue weighted by molar-refractivity contribution is -0.147. The zero-order valence-corrected chi connectivity index (χ0v) is 11.4. The van der Waals surface area contributed by atoms with E-state index in [0.29, 0.717) is 12.1 Å². The lowest BCUT2D eigenvalue weighted by Crippen LogP contribution is -2.42. The van der Waals surface area contributed by atoms with Crippen LogP contribution in [-0.2, 0) is 11.3 Å². The molecule has 0 radical (unpaired) electrons. The number of rotatable bonds is 6. The average Bonchev–Trinajstić information content (AvgIpc) is 2.83. The van der Waals surface area contributed by atoms with Crippen molar-refractivity contribution < 1.29 is 14.7 Å². The molecule has 0 saturated heterocycles. The molecule has 7 heteroatoms. The van der Waals surface area contributed by atoms with Crippen LogP contribution in [0.3, 0.4) is 0 Å². The summed E-state index contributed by atoms with van der Waals surface area (Å²) in [6.45, 7) is 6.11. The smallest absolute Gasteiger partial charge is 0.319 e. The summed E-state index contributed by atoms with van der Waals surface area (Å²) in [5, 5.41) is 18.3. The van der Waals surface area contributed by atoms with Gasteiger partial charge >= 0.3 is 12.0 Å². The third kappa shape index (κ3) is 3.97. The molecular weight excluding hydrogens is 248 g/mol. The number of aliphatic carboxylic acids is 1. The molecule has 19 heavy (non-hydrogen) atoms. The molecule has 1 aromatic heterocycles. The third-order valence-corrected chi connectivity index (χ3v) is 3.15. The van der Waals surface area contributed by atoms with Crippen molar-refractivity contribution in [2.24, 2.45) is 5.41 Å². The van der Waals surface area contributed by atoms with E-state index in [1.807, 2.05) is 6.92 Å². The van der Waals surface area contributed by atoms with Gasteiger partial charge in [-0.25, -0.2) is 4.79 Å². The zero-order valence-electron chi connectivity index (χ0n) is 11.4. The number of aromatic nitrogens is 2. The van der Waals surface area contributed by atoms with Crippen molar-refractivity contribution in [2.45, 2.75) is 33.7 Å². The molecule has 0 aliphatic heterocycles. The van der Waals surface area contributed by atoms with E-state index >= 15 is 0 Å². The molecule has 2 amide bonds. The van der Waals surface area contributed by atoms with E-state index in [1.54, 1.807) is 30.9 Å². The van der Waals surface area contributed by atoms with Gasteiger partial charge in [0, 0.05) is 19.3 Å². The number of aryl methyl sites for hydroxylation is 1. The molecule has 106 valence electrons. The summed E-state index contributed by atoms with van der Waals surface area (Å²) < 4.78 is 1.68. The minimum atomic E-state index is -0.953. The van der Waals surface area contributed by atoms with Crippen LogP contribution >= 0.6 is 0 Å². The van der Waals surface area contributed by atoms with E-state index in [0.717, 1.165) is 6.54 Å². The molecule has 1 atom stereocenters. The highest BCUT2D eigenvalue weighted by Crippen LogP contribution is 2.19. The van der Waals surface area contributed by atoms with Crippen LogP contribution < -0.4 is 10.6 Å². The zero-order chi connectivity index (χ0) is 14.5. The second-order valence-corrected chi connectivity index (χ2v) is 4.61.